The van der Waals surface area contributed by atoms with Gasteiger partial charge in [-0.25, -0.2) is 9.78 Å². The van der Waals surface area contributed by atoms with E-state index >= 15 is 0 Å². The fourth-order valence-corrected chi connectivity index (χ4v) is 3.19. The molecule has 1 aromatic carbocycles. The van der Waals surface area contributed by atoms with Crippen LogP contribution in [0.2, 0.25) is 0 Å². The number of esters is 1. The van der Waals surface area contributed by atoms with Crippen LogP contribution in [0.1, 0.15) is 25.1 Å². The summed E-state index contributed by atoms with van der Waals surface area (Å²) in [6.07, 6.45) is 0.891. The van der Waals surface area contributed by atoms with Gasteiger partial charge in [0.2, 0.25) is 5.13 Å². The van der Waals surface area contributed by atoms with E-state index in [1.54, 1.807) is 19.2 Å². The first-order chi connectivity index (χ1) is 12.4. The average molecular weight is 442 g/mol. The Bertz CT molecular complexity index is 794. The molecule has 2 aromatic rings. The number of hydrogen-bond donors (Lipinski definition) is 1. The molecule has 1 heterocycles. The van der Waals surface area contributed by atoms with Gasteiger partial charge >= 0.3 is 5.97 Å². The molecule has 0 radical (unpaired) electrons. The summed E-state index contributed by atoms with van der Waals surface area (Å²) in [6.45, 7) is 5.86. The van der Waals surface area contributed by atoms with Crippen LogP contribution in [0.25, 0.3) is 0 Å². The minimum Gasteiger partial charge on any atom is -0.490 e. The van der Waals surface area contributed by atoms with E-state index in [4.69, 9.17) is 14.2 Å². The van der Waals surface area contributed by atoms with E-state index in [1.165, 1.54) is 18.4 Å². The van der Waals surface area contributed by atoms with Crippen LogP contribution in [0.5, 0.6) is 11.5 Å². The molecule has 1 N–H and O–H groups in total. The number of methoxy groups -OCH3 is 1. The predicted molar refractivity (Wildman–Crippen MR) is 105 cm³/mol. The molecule has 2 rings (SSSR count). The second-order valence-corrected chi connectivity index (χ2v) is 6.92. The lowest BCUT2D eigenvalue weighted by Crippen LogP contribution is -2.25. The van der Waals surface area contributed by atoms with Gasteiger partial charge in [0.25, 0.3) is 0 Å². The molecule has 0 spiro atoms. The van der Waals surface area contributed by atoms with Crippen molar-refractivity contribution in [3.8, 4) is 11.5 Å². The van der Waals surface area contributed by atoms with Gasteiger partial charge in [-0.05, 0) is 54.4 Å². The van der Waals surface area contributed by atoms with Crippen LogP contribution < -0.4 is 14.9 Å². The molecular formula is C17H20BrN3O4S. The standard InChI is InChI=1S/C17H20BrN3O4S/c1-5-24-14-7-12(8-19-21-17-20-10(2)9-26-17)6-13(18)15(14)25-11(3)16(22)23-4/h6-9,11H,5H2,1-4H3,(H,20,21). The Morgan fingerprint density at radius 1 is 1.50 bits per heavy atom. The first-order valence-electron chi connectivity index (χ1n) is 7.86. The number of hydrogen-bond acceptors (Lipinski definition) is 8. The van der Waals surface area contributed by atoms with E-state index in [9.17, 15) is 4.79 Å². The van der Waals surface area contributed by atoms with Crippen LogP contribution in [-0.4, -0.2) is 37.0 Å². The van der Waals surface area contributed by atoms with Gasteiger partial charge in [-0.2, -0.15) is 5.10 Å². The van der Waals surface area contributed by atoms with E-state index in [1.807, 2.05) is 25.3 Å². The molecule has 0 saturated carbocycles. The summed E-state index contributed by atoms with van der Waals surface area (Å²) in [5, 5.41) is 6.84. The lowest BCUT2D eigenvalue weighted by Gasteiger charge is -2.17. The summed E-state index contributed by atoms with van der Waals surface area (Å²) in [6, 6.07) is 3.60. The van der Waals surface area contributed by atoms with Crippen LogP contribution in [0.3, 0.4) is 0 Å². The number of thiazole rings is 1. The second kappa shape index (κ2) is 9.54. The zero-order chi connectivity index (χ0) is 19.1. The Labute approximate surface area is 164 Å². The Morgan fingerprint density at radius 2 is 2.27 bits per heavy atom. The number of anilines is 1. The molecular weight excluding hydrogens is 422 g/mol. The summed E-state index contributed by atoms with van der Waals surface area (Å²) < 4.78 is 16.7. The molecule has 0 saturated heterocycles. The number of halogens is 1. The highest BCUT2D eigenvalue weighted by Crippen LogP contribution is 2.37. The predicted octanol–water partition coefficient (Wildman–Crippen LogP) is 4.00. The van der Waals surface area contributed by atoms with Gasteiger partial charge in [-0.1, -0.05) is 0 Å². The third-order valence-corrected chi connectivity index (χ3v) is 4.61. The quantitative estimate of drug-likeness (QED) is 0.378. The van der Waals surface area contributed by atoms with E-state index in [0.29, 0.717) is 22.6 Å². The molecule has 1 unspecified atom stereocenters. The first-order valence-corrected chi connectivity index (χ1v) is 9.53. The summed E-state index contributed by atoms with van der Waals surface area (Å²) in [5.74, 6) is 0.475. The molecule has 1 aromatic heterocycles. The minimum atomic E-state index is -0.759. The topological polar surface area (TPSA) is 82.0 Å². The Morgan fingerprint density at radius 3 is 2.88 bits per heavy atom. The Kier molecular flexibility index (Phi) is 7.40. The van der Waals surface area contributed by atoms with Crippen molar-refractivity contribution in [2.24, 2.45) is 5.10 Å². The molecule has 0 aliphatic rings. The number of nitrogens with one attached hydrogen (secondary N) is 1. The zero-order valence-electron chi connectivity index (χ0n) is 14.9. The fourth-order valence-electron chi connectivity index (χ4n) is 2.00. The van der Waals surface area contributed by atoms with Crippen LogP contribution in [0.15, 0.2) is 27.1 Å². The van der Waals surface area contributed by atoms with Crippen molar-refractivity contribution in [3.05, 3.63) is 33.2 Å². The molecule has 1 atom stereocenters. The number of rotatable bonds is 8. The van der Waals surface area contributed by atoms with Crippen molar-refractivity contribution in [1.82, 2.24) is 4.98 Å². The second-order valence-electron chi connectivity index (χ2n) is 5.21. The van der Waals surface area contributed by atoms with Gasteiger partial charge < -0.3 is 14.2 Å². The molecule has 0 aliphatic heterocycles. The minimum absolute atomic E-state index is 0.436. The van der Waals surface area contributed by atoms with Gasteiger partial charge in [0.15, 0.2) is 17.6 Å². The number of aromatic nitrogens is 1. The average Bonchev–Trinajstić information content (AvgIpc) is 3.02. The molecule has 0 bridgehead atoms. The van der Waals surface area contributed by atoms with Crippen molar-refractivity contribution in [1.29, 1.82) is 0 Å². The van der Waals surface area contributed by atoms with Crippen molar-refractivity contribution in [2.45, 2.75) is 26.9 Å². The highest BCUT2D eigenvalue weighted by atomic mass is 79.9. The van der Waals surface area contributed by atoms with Crippen LogP contribution in [-0.2, 0) is 9.53 Å². The summed E-state index contributed by atoms with van der Waals surface area (Å²) in [4.78, 5) is 15.9. The molecule has 9 heteroatoms. The van der Waals surface area contributed by atoms with Crippen molar-refractivity contribution >= 4 is 44.6 Å². The lowest BCUT2D eigenvalue weighted by atomic mass is 10.2. The molecule has 140 valence electrons. The smallest absolute Gasteiger partial charge is 0.346 e. The van der Waals surface area contributed by atoms with Crippen molar-refractivity contribution < 1.29 is 19.0 Å². The molecule has 0 aliphatic carbocycles. The first kappa shape index (κ1) is 20.2. The number of benzene rings is 1. The molecule has 0 amide bonds. The van der Waals surface area contributed by atoms with Crippen LogP contribution in [0.4, 0.5) is 5.13 Å². The summed E-state index contributed by atoms with van der Waals surface area (Å²) in [5.41, 5.74) is 4.61. The van der Waals surface area contributed by atoms with E-state index < -0.39 is 12.1 Å². The van der Waals surface area contributed by atoms with Gasteiger partial charge in [-0.3, -0.25) is 5.43 Å². The van der Waals surface area contributed by atoms with E-state index in [-0.39, 0.29) is 0 Å². The summed E-state index contributed by atoms with van der Waals surface area (Å²) >= 11 is 4.94. The number of hydrazone groups is 1. The maximum atomic E-state index is 11.6. The van der Waals surface area contributed by atoms with Gasteiger partial charge in [0, 0.05) is 5.38 Å². The van der Waals surface area contributed by atoms with E-state index in [0.717, 1.165) is 16.4 Å². The SMILES string of the molecule is CCOc1cc(C=NNc2nc(C)cs2)cc(Br)c1OC(C)C(=O)OC. The Hall–Kier alpha value is -2.13. The normalized spacial score (nSPS) is 12.0. The summed E-state index contributed by atoms with van der Waals surface area (Å²) in [7, 11) is 1.32. The Balaban J connectivity index is 2.19. The highest BCUT2D eigenvalue weighted by molar-refractivity contribution is 9.10. The number of carbonyl (C=O) groups excluding carboxylic acids is 1. The number of aryl methyl sites for hydroxylation is 1. The largest absolute Gasteiger partial charge is 0.490 e. The van der Waals surface area contributed by atoms with Gasteiger partial charge in [-0.15, -0.1) is 11.3 Å². The van der Waals surface area contributed by atoms with Crippen LogP contribution in [0, 0.1) is 6.92 Å². The molecule has 26 heavy (non-hydrogen) atoms. The van der Waals surface area contributed by atoms with Crippen LogP contribution >= 0.6 is 27.3 Å². The fraction of sp³-hybridized carbons (Fsp3) is 0.353. The molecule has 7 nitrogen and oxygen atoms in total. The third kappa shape index (κ3) is 5.43. The maximum Gasteiger partial charge on any atom is 0.346 e. The van der Waals surface area contributed by atoms with Gasteiger partial charge in [0.05, 0.1) is 30.1 Å². The highest BCUT2D eigenvalue weighted by Gasteiger charge is 2.20. The number of carbonyl (C=O) groups is 1. The van der Waals surface area contributed by atoms with E-state index in [2.05, 4.69) is 31.4 Å². The monoisotopic (exact) mass is 441 g/mol. The maximum absolute atomic E-state index is 11.6. The van der Waals surface area contributed by atoms with Gasteiger partial charge in [0.1, 0.15) is 0 Å². The molecule has 0 fully saturated rings. The lowest BCUT2D eigenvalue weighted by molar-refractivity contribution is -0.147. The third-order valence-electron chi connectivity index (χ3n) is 3.15. The van der Waals surface area contributed by atoms with Crippen molar-refractivity contribution in [2.75, 3.05) is 19.1 Å². The number of ether oxygens (including phenoxy) is 3. The zero-order valence-corrected chi connectivity index (χ0v) is 17.3. The number of nitrogens with zero attached hydrogens (tertiary/aromatic N) is 2. The van der Waals surface area contributed by atoms with Crippen molar-refractivity contribution in [3.63, 3.8) is 0 Å².